The molecule has 8 heteroatoms. The van der Waals surface area contributed by atoms with E-state index in [0.29, 0.717) is 24.7 Å². The van der Waals surface area contributed by atoms with E-state index in [-0.39, 0.29) is 11.8 Å². The average molecular weight is 440 g/mol. The number of hydrogen-bond acceptors (Lipinski definition) is 5. The maximum atomic E-state index is 13.6. The van der Waals surface area contributed by atoms with E-state index in [1.807, 2.05) is 0 Å². The predicted molar refractivity (Wildman–Crippen MR) is 116 cm³/mol. The lowest BCUT2D eigenvalue weighted by Crippen LogP contribution is -2.19. The lowest BCUT2D eigenvalue weighted by Gasteiger charge is -2.23. The average Bonchev–Trinajstić information content (AvgIpc) is 2.75. The molecule has 1 aromatic heterocycles. The first-order valence-corrected chi connectivity index (χ1v) is 10.9. The molecule has 0 bridgehead atoms. The van der Waals surface area contributed by atoms with Crippen molar-refractivity contribution < 1.29 is 22.6 Å². The summed E-state index contributed by atoms with van der Waals surface area (Å²) in [6, 6.07) is 6.91. The van der Waals surface area contributed by atoms with Crippen LogP contribution in [-0.2, 0) is 6.18 Å². The van der Waals surface area contributed by atoms with Gasteiger partial charge in [0.05, 0.1) is 13.2 Å². The molecule has 0 fully saturated rings. The Hall–Kier alpha value is -2.51. The molecule has 0 saturated heterocycles. The van der Waals surface area contributed by atoms with Gasteiger partial charge in [-0.1, -0.05) is 52.0 Å². The number of anilines is 2. The number of rotatable bonds is 13. The summed E-state index contributed by atoms with van der Waals surface area (Å²) >= 11 is 0. The topological polar surface area (TPSA) is 47.5 Å². The lowest BCUT2D eigenvalue weighted by atomic mass is 10.2. The maximum Gasteiger partial charge on any atom is 0.421 e. The molecular weight excluding hydrogens is 407 g/mol. The molecule has 31 heavy (non-hydrogen) atoms. The molecule has 2 aromatic rings. The SMILES string of the molecule is CCCCCCOc1ncc(C(F)(F)F)c(N(C)c2cccc(OCCCCC)c2)n1. The van der Waals surface area contributed by atoms with Gasteiger partial charge in [0.1, 0.15) is 11.3 Å². The summed E-state index contributed by atoms with van der Waals surface area (Å²) in [5.41, 5.74) is -0.381. The highest BCUT2D eigenvalue weighted by Crippen LogP contribution is 2.38. The van der Waals surface area contributed by atoms with E-state index < -0.39 is 11.7 Å². The van der Waals surface area contributed by atoms with Gasteiger partial charge in [-0.05, 0) is 25.0 Å². The minimum Gasteiger partial charge on any atom is -0.494 e. The van der Waals surface area contributed by atoms with Gasteiger partial charge >= 0.3 is 12.2 Å². The van der Waals surface area contributed by atoms with Gasteiger partial charge in [0, 0.05) is 25.0 Å². The van der Waals surface area contributed by atoms with Crippen molar-refractivity contribution in [2.24, 2.45) is 0 Å². The van der Waals surface area contributed by atoms with Crippen LogP contribution in [0.3, 0.4) is 0 Å². The van der Waals surface area contributed by atoms with Gasteiger partial charge < -0.3 is 14.4 Å². The van der Waals surface area contributed by atoms with Crippen molar-refractivity contribution >= 4 is 11.5 Å². The molecule has 2 rings (SSSR count). The Morgan fingerprint density at radius 3 is 2.32 bits per heavy atom. The Bertz CT molecular complexity index is 800. The zero-order valence-corrected chi connectivity index (χ0v) is 18.5. The molecule has 0 spiro atoms. The fourth-order valence-corrected chi connectivity index (χ4v) is 3.02. The minimum atomic E-state index is -4.59. The largest absolute Gasteiger partial charge is 0.494 e. The number of alkyl halides is 3. The molecular formula is C23H32F3N3O2. The van der Waals surface area contributed by atoms with Crippen LogP contribution in [0.4, 0.5) is 24.7 Å². The zero-order valence-electron chi connectivity index (χ0n) is 18.5. The van der Waals surface area contributed by atoms with Crippen LogP contribution in [0.15, 0.2) is 30.5 Å². The van der Waals surface area contributed by atoms with Gasteiger partial charge in [-0.25, -0.2) is 4.98 Å². The second-order valence-electron chi connectivity index (χ2n) is 7.41. The summed E-state index contributed by atoms with van der Waals surface area (Å²) < 4.78 is 52.0. The summed E-state index contributed by atoms with van der Waals surface area (Å²) in [7, 11) is 1.54. The smallest absolute Gasteiger partial charge is 0.421 e. The van der Waals surface area contributed by atoms with E-state index in [2.05, 4.69) is 23.8 Å². The molecule has 5 nitrogen and oxygen atoms in total. The second kappa shape index (κ2) is 12.4. The Morgan fingerprint density at radius 1 is 0.935 bits per heavy atom. The first-order valence-electron chi connectivity index (χ1n) is 10.9. The van der Waals surface area contributed by atoms with E-state index in [4.69, 9.17) is 9.47 Å². The monoisotopic (exact) mass is 439 g/mol. The van der Waals surface area contributed by atoms with Crippen LogP contribution in [0.1, 0.15) is 64.4 Å². The van der Waals surface area contributed by atoms with Gasteiger partial charge in [-0.3, -0.25) is 0 Å². The Morgan fingerprint density at radius 2 is 1.61 bits per heavy atom. The van der Waals surface area contributed by atoms with Crippen molar-refractivity contribution in [3.63, 3.8) is 0 Å². The molecule has 0 aliphatic carbocycles. The van der Waals surface area contributed by atoms with Gasteiger partial charge in [-0.2, -0.15) is 18.2 Å². The van der Waals surface area contributed by atoms with Crippen molar-refractivity contribution in [1.82, 2.24) is 9.97 Å². The summed E-state index contributed by atoms with van der Waals surface area (Å²) in [6.07, 6.45) is 3.26. The molecule has 172 valence electrons. The number of unbranched alkanes of at least 4 members (excludes halogenated alkanes) is 5. The van der Waals surface area contributed by atoms with Crippen LogP contribution in [0, 0.1) is 0 Å². The van der Waals surface area contributed by atoms with E-state index >= 15 is 0 Å². The van der Waals surface area contributed by atoms with E-state index in [9.17, 15) is 13.2 Å². The third-order valence-electron chi connectivity index (χ3n) is 4.82. The third kappa shape index (κ3) is 7.92. The van der Waals surface area contributed by atoms with Crippen molar-refractivity contribution in [2.45, 2.75) is 65.0 Å². The normalized spacial score (nSPS) is 11.4. The Labute approximate surface area is 182 Å². The summed E-state index contributed by atoms with van der Waals surface area (Å²) in [5, 5.41) is 0. The number of nitrogens with zero attached hydrogens (tertiary/aromatic N) is 3. The molecule has 0 N–H and O–H groups in total. The number of aromatic nitrogens is 2. The predicted octanol–water partition coefficient (Wildman–Crippen LogP) is 6.79. The van der Waals surface area contributed by atoms with Gasteiger partial charge in [0.15, 0.2) is 5.82 Å². The zero-order chi connectivity index (χ0) is 22.7. The number of halogens is 3. The van der Waals surface area contributed by atoms with Gasteiger partial charge in [0.2, 0.25) is 0 Å². The Balaban J connectivity index is 2.20. The standard InChI is InChI=1S/C23H32F3N3O2/c1-4-6-8-10-15-31-22-27-17-20(23(24,25)26)21(28-22)29(3)18-12-11-13-19(16-18)30-14-9-7-5-2/h11-13,16-17H,4-10,14-15H2,1-3H3. The van der Waals surface area contributed by atoms with E-state index in [0.717, 1.165) is 51.1 Å². The summed E-state index contributed by atoms with van der Waals surface area (Å²) in [4.78, 5) is 9.23. The number of benzene rings is 1. The van der Waals surface area contributed by atoms with Crippen molar-refractivity contribution in [2.75, 3.05) is 25.2 Å². The minimum absolute atomic E-state index is 0.0571. The summed E-state index contributed by atoms with van der Waals surface area (Å²) in [5.74, 6) is 0.352. The van der Waals surface area contributed by atoms with Crippen LogP contribution in [0.5, 0.6) is 11.8 Å². The molecule has 0 radical (unpaired) electrons. The molecule has 0 amide bonds. The van der Waals surface area contributed by atoms with Crippen molar-refractivity contribution in [1.29, 1.82) is 0 Å². The fraction of sp³-hybridized carbons (Fsp3) is 0.565. The molecule has 0 saturated carbocycles. The molecule has 0 atom stereocenters. The maximum absolute atomic E-state index is 13.6. The quantitative estimate of drug-likeness (QED) is 0.322. The van der Waals surface area contributed by atoms with Crippen LogP contribution < -0.4 is 14.4 Å². The van der Waals surface area contributed by atoms with Gasteiger partial charge in [0.25, 0.3) is 0 Å². The van der Waals surface area contributed by atoms with E-state index in [1.54, 1.807) is 31.3 Å². The Kier molecular flexibility index (Phi) is 9.88. The van der Waals surface area contributed by atoms with Crippen LogP contribution in [0.2, 0.25) is 0 Å². The molecule has 1 aromatic carbocycles. The third-order valence-corrected chi connectivity index (χ3v) is 4.82. The fourth-order valence-electron chi connectivity index (χ4n) is 3.02. The highest BCUT2D eigenvalue weighted by molar-refractivity contribution is 5.64. The second-order valence-corrected chi connectivity index (χ2v) is 7.41. The summed E-state index contributed by atoms with van der Waals surface area (Å²) in [6.45, 7) is 5.15. The molecule has 0 aliphatic heterocycles. The van der Waals surface area contributed by atoms with E-state index in [1.165, 1.54) is 4.90 Å². The van der Waals surface area contributed by atoms with Crippen molar-refractivity contribution in [3.8, 4) is 11.8 Å². The van der Waals surface area contributed by atoms with Crippen LogP contribution >= 0.6 is 0 Å². The molecule has 0 aliphatic rings. The van der Waals surface area contributed by atoms with Crippen LogP contribution in [0.25, 0.3) is 0 Å². The van der Waals surface area contributed by atoms with Crippen molar-refractivity contribution in [3.05, 3.63) is 36.0 Å². The lowest BCUT2D eigenvalue weighted by molar-refractivity contribution is -0.137. The number of hydrogen-bond donors (Lipinski definition) is 0. The first-order chi connectivity index (χ1) is 14.9. The first kappa shape index (κ1) is 24.8. The van der Waals surface area contributed by atoms with Crippen LogP contribution in [-0.4, -0.2) is 30.2 Å². The highest BCUT2D eigenvalue weighted by atomic mass is 19.4. The number of ether oxygens (including phenoxy) is 2. The molecule has 1 heterocycles. The van der Waals surface area contributed by atoms with Gasteiger partial charge in [-0.15, -0.1) is 0 Å². The highest BCUT2D eigenvalue weighted by Gasteiger charge is 2.36. The molecule has 0 unspecified atom stereocenters.